The molecular weight excluding hydrogens is 174 g/mol. The third-order valence-corrected chi connectivity index (χ3v) is 2.10. The number of nitrogens with zero attached hydrogens (tertiary/aromatic N) is 2. The first-order valence-electron chi connectivity index (χ1n) is 5.41. The van der Waals surface area contributed by atoms with E-state index in [4.69, 9.17) is 0 Å². The maximum atomic E-state index is 4.53. The lowest BCUT2D eigenvalue weighted by atomic mass is 10.3. The lowest BCUT2D eigenvalue weighted by molar-refractivity contribution is 0.369. The van der Waals surface area contributed by atoms with Gasteiger partial charge in [-0.3, -0.25) is 4.99 Å². The van der Waals surface area contributed by atoms with Gasteiger partial charge in [-0.05, 0) is 41.3 Å². The molecule has 0 rings (SSSR count). The van der Waals surface area contributed by atoms with Gasteiger partial charge in [0.2, 0.25) is 0 Å². The van der Waals surface area contributed by atoms with Gasteiger partial charge in [0.05, 0.1) is 5.84 Å². The maximum absolute atomic E-state index is 4.53. The first-order valence-corrected chi connectivity index (χ1v) is 5.41. The largest absolute Gasteiger partial charge is 0.370 e. The van der Waals surface area contributed by atoms with Crippen LogP contribution in [0, 0.1) is 0 Å². The summed E-state index contributed by atoms with van der Waals surface area (Å²) in [4.78, 5) is 6.70. The Kier molecular flexibility index (Phi) is 6.54. The van der Waals surface area contributed by atoms with Crippen LogP contribution in [0.4, 0.5) is 0 Å². The summed E-state index contributed by atoms with van der Waals surface area (Å²) in [5, 5.41) is 3.38. The van der Waals surface area contributed by atoms with Crippen LogP contribution in [-0.2, 0) is 0 Å². The van der Waals surface area contributed by atoms with E-state index in [1.165, 1.54) is 0 Å². The molecule has 0 saturated carbocycles. The molecule has 0 aliphatic carbocycles. The van der Waals surface area contributed by atoms with Gasteiger partial charge in [-0.25, -0.2) is 0 Å². The van der Waals surface area contributed by atoms with Crippen molar-refractivity contribution in [2.24, 2.45) is 4.99 Å². The summed E-state index contributed by atoms with van der Waals surface area (Å²) >= 11 is 0. The minimum absolute atomic E-state index is 0.425. The highest BCUT2D eigenvalue weighted by Gasteiger charge is 2.03. The van der Waals surface area contributed by atoms with E-state index in [2.05, 4.69) is 50.1 Å². The molecule has 0 spiro atoms. The Hall–Kier alpha value is -0.570. The van der Waals surface area contributed by atoms with Crippen LogP contribution in [-0.4, -0.2) is 43.5 Å². The van der Waals surface area contributed by atoms with E-state index in [-0.39, 0.29) is 0 Å². The average Bonchev–Trinajstić information content (AvgIpc) is 2.01. The summed E-state index contributed by atoms with van der Waals surface area (Å²) in [6.07, 6.45) is 1.10. The monoisotopic (exact) mass is 199 g/mol. The van der Waals surface area contributed by atoms with Crippen molar-refractivity contribution in [2.75, 3.05) is 20.6 Å². The number of hydrogen-bond acceptors (Lipinski definition) is 2. The van der Waals surface area contributed by atoms with Crippen LogP contribution in [0.2, 0.25) is 0 Å². The van der Waals surface area contributed by atoms with Gasteiger partial charge in [0.1, 0.15) is 0 Å². The van der Waals surface area contributed by atoms with Crippen molar-refractivity contribution in [2.45, 2.75) is 46.2 Å². The van der Waals surface area contributed by atoms with E-state index < -0.39 is 0 Å². The molecule has 0 fully saturated rings. The van der Waals surface area contributed by atoms with Crippen molar-refractivity contribution in [1.82, 2.24) is 10.2 Å². The fraction of sp³-hybridized carbons (Fsp3) is 0.909. The van der Waals surface area contributed by atoms with Gasteiger partial charge in [0.15, 0.2) is 0 Å². The lowest BCUT2D eigenvalue weighted by Gasteiger charge is -2.19. The Morgan fingerprint density at radius 3 is 2.36 bits per heavy atom. The van der Waals surface area contributed by atoms with Crippen molar-refractivity contribution in [3.63, 3.8) is 0 Å². The average molecular weight is 199 g/mol. The van der Waals surface area contributed by atoms with E-state index in [0.717, 1.165) is 18.8 Å². The summed E-state index contributed by atoms with van der Waals surface area (Å²) in [5.74, 6) is 1.05. The van der Waals surface area contributed by atoms with Crippen molar-refractivity contribution < 1.29 is 0 Å². The van der Waals surface area contributed by atoms with E-state index in [1.807, 2.05) is 6.92 Å². The molecule has 2 unspecified atom stereocenters. The number of amidine groups is 1. The molecule has 0 heterocycles. The predicted molar refractivity (Wildman–Crippen MR) is 64.0 cm³/mol. The fourth-order valence-electron chi connectivity index (χ4n) is 1.41. The molecule has 0 aromatic heterocycles. The fourth-order valence-corrected chi connectivity index (χ4v) is 1.41. The zero-order chi connectivity index (χ0) is 11.1. The van der Waals surface area contributed by atoms with Crippen LogP contribution in [0.5, 0.6) is 0 Å². The standard InChI is InChI=1S/C11H25N3/c1-7-9(2)12-11(4)13-10(3)8-14(5)6/h9-10H,7-8H2,1-6H3,(H,12,13). The first-order chi connectivity index (χ1) is 6.45. The molecule has 1 N–H and O–H groups in total. The Bertz CT molecular complexity index is 175. The van der Waals surface area contributed by atoms with Crippen molar-refractivity contribution in [1.29, 1.82) is 0 Å². The van der Waals surface area contributed by atoms with Gasteiger partial charge in [0, 0.05) is 18.6 Å². The Labute approximate surface area is 88.6 Å². The van der Waals surface area contributed by atoms with Crippen molar-refractivity contribution >= 4 is 5.84 Å². The van der Waals surface area contributed by atoms with Crippen LogP contribution in [0.25, 0.3) is 0 Å². The predicted octanol–water partition coefficient (Wildman–Crippen LogP) is 1.74. The van der Waals surface area contributed by atoms with Crippen LogP contribution in [0.3, 0.4) is 0 Å². The molecule has 14 heavy (non-hydrogen) atoms. The molecule has 0 aliphatic rings. The molecule has 0 amide bonds. The summed E-state index contributed by atoms with van der Waals surface area (Å²) in [6, 6.07) is 0.881. The summed E-state index contributed by atoms with van der Waals surface area (Å²) in [7, 11) is 4.17. The number of nitrogens with one attached hydrogen (secondary N) is 1. The smallest absolute Gasteiger partial charge is 0.0937 e. The molecule has 0 aromatic carbocycles. The van der Waals surface area contributed by atoms with E-state index in [1.54, 1.807) is 0 Å². The maximum Gasteiger partial charge on any atom is 0.0937 e. The van der Waals surface area contributed by atoms with E-state index in [0.29, 0.717) is 12.1 Å². The van der Waals surface area contributed by atoms with Gasteiger partial charge in [-0.1, -0.05) is 6.92 Å². The van der Waals surface area contributed by atoms with Crippen LogP contribution >= 0.6 is 0 Å². The number of aliphatic imine (C=N–C) groups is 1. The van der Waals surface area contributed by atoms with Gasteiger partial charge in [-0.2, -0.15) is 0 Å². The van der Waals surface area contributed by atoms with Crippen molar-refractivity contribution in [3.8, 4) is 0 Å². The number of rotatable bonds is 5. The molecule has 3 nitrogen and oxygen atoms in total. The zero-order valence-electron chi connectivity index (χ0n) is 10.5. The summed E-state index contributed by atoms with van der Waals surface area (Å²) in [6.45, 7) is 9.55. The highest BCUT2D eigenvalue weighted by atomic mass is 15.1. The SMILES string of the molecule is CCC(C)N=C(C)NC(C)CN(C)C. The van der Waals surface area contributed by atoms with Gasteiger partial charge in [0.25, 0.3) is 0 Å². The third-order valence-electron chi connectivity index (χ3n) is 2.10. The Balaban J connectivity index is 3.92. The lowest BCUT2D eigenvalue weighted by Crippen LogP contribution is -2.38. The van der Waals surface area contributed by atoms with Gasteiger partial charge in [-0.15, -0.1) is 0 Å². The third kappa shape index (κ3) is 6.89. The Morgan fingerprint density at radius 1 is 1.36 bits per heavy atom. The molecule has 0 bridgehead atoms. The second kappa shape index (κ2) is 6.82. The molecule has 2 atom stereocenters. The van der Waals surface area contributed by atoms with Crippen molar-refractivity contribution in [3.05, 3.63) is 0 Å². The topological polar surface area (TPSA) is 27.6 Å². The quantitative estimate of drug-likeness (QED) is 0.539. The van der Waals surface area contributed by atoms with Gasteiger partial charge >= 0.3 is 0 Å². The molecule has 0 saturated heterocycles. The first kappa shape index (κ1) is 13.4. The zero-order valence-corrected chi connectivity index (χ0v) is 10.5. The second-order valence-electron chi connectivity index (χ2n) is 4.28. The minimum Gasteiger partial charge on any atom is -0.370 e. The molecule has 0 aromatic rings. The van der Waals surface area contributed by atoms with Gasteiger partial charge < -0.3 is 10.2 Å². The summed E-state index contributed by atoms with van der Waals surface area (Å²) in [5.41, 5.74) is 0. The van der Waals surface area contributed by atoms with Crippen LogP contribution in [0.15, 0.2) is 4.99 Å². The highest BCUT2D eigenvalue weighted by molar-refractivity contribution is 5.79. The molecule has 3 heteroatoms. The second-order valence-corrected chi connectivity index (χ2v) is 4.28. The van der Waals surface area contributed by atoms with Crippen LogP contribution < -0.4 is 5.32 Å². The normalized spacial score (nSPS) is 16.9. The van der Waals surface area contributed by atoms with E-state index in [9.17, 15) is 0 Å². The number of hydrogen-bond donors (Lipinski definition) is 1. The Morgan fingerprint density at radius 2 is 1.93 bits per heavy atom. The molecule has 0 radical (unpaired) electrons. The summed E-state index contributed by atoms with van der Waals surface area (Å²) < 4.78 is 0. The highest BCUT2D eigenvalue weighted by Crippen LogP contribution is 1.95. The van der Waals surface area contributed by atoms with E-state index >= 15 is 0 Å². The van der Waals surface area contributed by atoms with Crippen LogP contribution in [0.1, 0.15) is 34.1 Å². The molecule has 0 aliphatic heterocycles. The minimum atomic E-state index is 0.425. The molecular formula is C11H25N3. The molecule has 84 valence electrons. The number of likely N-dealkylation sites (N-methyl/N-ethyl adjacent to an activating group) is 1.